The number of nitrogens with one attached hydrogen (secondary N) is 1. The minimum Gasteiger partial charge on any atom is -0.478 e. The van der Waals surface area contributed by atoms with E-state index in [0.29, 0.717) is 0 Å². The summed E-state index contributed by atoms with van der Waals surface area (Å²) in [7, 11) is 0. The normalized spacial score (nSPS) is 9.74. The molecule has 8 nitrogen and oxygen atoms in total. The molecule has 0 aliphatic rings. The van der Waals surface area contributed by atoms with Crippen LogP contribution in [0.1, 0.15) is 38.0 Å². The molecular formula is C11H9NO7. The third-order valence-electron chi connectivity index (χ3n) is 2.15. The van der Waals surface area contributed by atoms with Gasteiger partial charge in [0.15, 0.2) is 0 Å². The molecule has 0 atom stereocenters. The van der Waals surface area contributed by atoms with Gasteiger partial charge in [-0.3, -0.25) is 4.79 Å². The van der Waals surface area contributed by atoms with E-state index >= 15 is 0 Å². The number of carbonyl (C=O) groups is 4. The molecule has 0 heterocycles. The number of aromatic carboxylic acids is 3. The van der Waals surface area contributed by atoms with Crippen molar-refractivity contribution in [3.63, 3.8) is 0 Å². The molecule has 8 heteroatoms. The summed E-state index contributed by atoms with van der Waals surface area (Å²) >= 11 is 0. The molecule has 0 fully saturated rings. The van der Waals surface area contributed by atoms with E-state index in [2.05, 4.69) is 5.32 Å². The minimum absolute atomic E-state index is 0.447. The van der Waals surface area contributed by atoms with Gasteiger partial charge in [0.1, 0.15) is 0 Å². The molecule has 0 saturated heterocycles. The fourth-order valence-electron chi connectivity index (χ4n) is 1.41. The lowest BCUT2D eigenvalue weighted by Gasteiger charge is -2.11. The second kappa shape index (κ2) is 5.17. The Morgan fingerprint density at radius 1 is 0.895 bits per heavy atom. The van der Waals surface area contributed by atoms with Crippen LogP contribution >= 0.6 is 0 Å². The number of rotatable bonds is 4. The summed E-state index contributed by atoms with van der Waals surface area (Å²) in [6.45, 7) is 1.07. The Hall–Kier alpha value is -2.90. The monoisotopic (exact) mass is 267 g/mol. The van der Waals surface area contributed by atoms with Crippen molar-refractivity contribution in [3.05, 3.63) is 28.8 Å². The number of anilines is 1. The number of carboxylic acid groups (broad SMARTS) is 3. The molecular weight excluding hydrogens is 258 g/mol. The van der Waals surface area contributed by atoms with Crippen molar-refractivity contribution in [2.24, 2.45) is 0 Å². The minimum atomic E-state index is -1.55. The molecule has 0 radical (unpaired) electrons. The van der Waals surface area contributed by atoms with E-state index in [9.17, 15) is 19.2 Å². The largest absolute Gasteiger partial charge is 0.478 e. The highest BCUT2D eigenvalue weighted by atomic mass is 16.4. The van der Waals surface area contributed by atoms with Crippen LogP contribution in [0.3, 0.4) is 0 Å². The van der Waals surface area contributed by atoms with Gasteiger partial charge in [-0.25, -0.2) is 14.4 Å². The highest BCUT2D eigenvalue weighted by Crippen LogP contribution is 2.24. The molecule has 1 rings (SSSR count). The van der Waals surface area contributed by atoms with Crippen LogP contribution in [0, 0.1) is 0 Å². The van der Waals surface area contributed by atoms with Gasteiger partial charge in [0, 0.05) is 6.92 Å². The van der Waals surface area contributed by atoms with Crippen molar-refractivity contribution in [1.82, 2.24) is 0 Å². The predicted octanol–water partition coefficient (Wildman–Crippen LogP) is 0.740. The third kappa shape index (κ3) is 3.06. The van der Waals surface area contributed by atoms with Crippen LogP contribution < -0.4 is 5.32 Å². The predicted molar refractivity (Wildman–Crippen MR) is 61.6 cm³/mol. The van der Waals surface area contributed by atoms with Gasteiger partial charge in [0.2, 0.25) is 5.91 Å². The molecule has 0 unspecified atom stereocenters. The molecule has 0 bridgehead atoms. The summed E-state index contributed by atoms with van der Waals surface area (Å²) < 4.78 is 0. The van der Waals surface area contributed by atoms with Gasteiger partial charge in [-0.2, -0.15) is 0 Å². The number of amides is 1. The molecule has 0 aromatic heterocycles. The maximum atomic E-state index is 11.0. The van der Waals surface area contributed by atoms with E-state index < -0.39 is 46.2 Å². The molecule has 1 aromatic carbocycles. The fourth-order valence-corrected chi connectivity index (χ4v) is 1.41. The van der Waals surface area contributed by atoms with Crippen LogP contribution in [0.5, 0.6) is 0 Å². The summed E-state index contributed by atoms with van der Waals surface area (Å²) in [6, 6.07) is 1.56. The van der Waals surface area contributed by atoms with Crippen LogP contribution in [-0.4, -0.2) is 39.1 Å². The number of hydrogen-bond donors (Lipinski definition) is 4. The van der Waals surface area contributed by atoms with Crippen molar-refractivity contribution in [1.29, 1.82) is 0 Å². The Morgan fingerprint density at radius 2 is 1.32 bits per heavy atom. The second-order valence-corrected chi connectivity index (χ2v) is 3.54. The van der Waals surface area contributed by atoms with Gasteiger partial charge in [0.05, 0.1) is 22.4 Å². The lowest BCUT2D eigenvalue weighted by Crippen LogP contribution is -2.17. The van der Waals surface area contributed by atoms with Gasteiger partial charge in [-0.1, -0.05) is 0 Å². The van der Waals surface area contributed by atoms with Crippen molar-refractivity contribution in [2.75, 3.05) is 5.32 Å². The standard InChI is InChI=1S/C11H9NO7/c1-4(13)12-8-6(10(16)17)2-5(9(14)15)3-7(8)11(18)19/h2-3H,1H3,(H,12,13)(H,14,15)(H,16,17)(H,18,19). The molecule has 0 saturated carbocycles. The van der Waals surface area contributed by atoms with Gasteiger partial charge < -0.3 is 20.6 Å². The van der Waals surface area contributed by atoms with E-state index in [0.717, 1.165) is 19.1 Å². The summed E-state index contributed by atoms with van der Waals surface area (Å²) in [5, 5.41) is 28.8. The zero-order valence-electron chi connectivity index (χ0n) is 9.63. The van der Waals surface area contributed by atoms with Gasteiger partial charge >= 0.3 is 17.9 Å². The Balaban J connectivity index is 3.64. The fraction of sp³-hybridized carbons (Fsp3) is 0.0909. The Bertz CT molecular complexity index is 556. The van der Waals surface area contributed by atoms with Gasteiger partial charge in [-0.05, 0) is 12.1 Å². The smallest absolute Gasteiger partial charge is 0.337 e. The molecule has 100 valence electrons. The summed E-state index contributed by atoms with van der Waals surface area (Å²) in [5.41, 5.74) is -2.15. The lowest BCUT2D eigenvalue weighted by molar-refractivity contribution is -0.114. The maximum Gasteiger partial charge on any atom is 0.337 e. The maximum absolute atomic E-state index is 11.0. The molecule has 0 spiro atoms. The van der Waals surface area contributed by atoms with E-state index in [4.69, 9.17) is 15.3 Å². The van der Waals surface area contributed by atoms with Crippen molar-refractivity contribution >= 4 is 29.5 Å². The number of hydrogen-bond acceptors (Lipinski definition) is 4. The first-order valence-corrected chi connectivity index (χ1v) is 4.89. The van der Waals surface area contributed by atoms with Gasteiger partial charge in [0.25, 0.3) is 0 Å². The number of carboxylic acids is 3. The highest BCUT2D eigenvalue weighted by Gasteiger charge is 2.22. The van der Waals surface area contributed by atoms with E-state index in [-0.39, 0.29) is 0 Å². The first-order valence-electron chi connectivity index (χ1n) is 4.89. The number of carbonyl (C=O) groups excluding carboxylic acids is 1. The topological polar surface area (TPSA) is 141 Å². The first kappa shape index (κ1) is 14.2. The molecule has 1 aromatic rings. The summed E-state index contributed by atoms with van der Waals surface area (Å²) in [6.07, 6.45) is 0. The molecule has 4 N–H and O–H groups in total. The van der Waals surface area contributed by atoms with Crippen LogP contribution in [-0.2, 0) is 4.79 Å². The lowest BCUT2D eigenvalue weighted by atomic mass is 10.0. The Morgan fingerprint density at radius 3 is 1.58 bits per heavy atom. The van der Waals surface area contributed by atoms with Crippen molar-refractivity contribution in [2.45, 2.75) is 6.92 Å². The molecule has 19 heavy (non-hydrogen) atoms. The van der Waals surface area contributed by atoms with E-state index in [1.807, 2.05) is 0 Å². The first-order chi connectivity index (χ1) is 8.73. The van der Waals surface area contributed by atoms with Crippen LogP contribution in [0.15, 0.2) is 12.1 Å². The zero-order chi connectivity index (χ0) is 14.7. The average Bonchev–Trinajstić information content (AvgIpc) is 2.27. The number of benzene rings is 1. The average molecular weight is 267 g/mol. The second-order valence-electron chi connectivity index (χ2n) is 3.54. The van der Waals surface area contributed by atoms with Crippen LogP contribution in [0.4, 0.5) is 5.69 Å². The van der Waals surface area contributed by atoms with Crippen molar-refractivity contribution < 1.29 is 34.5 Å². The third-order valence-corrected chi connectivity index (χ3v) is 2.15. The molecule has 0 aliphatic carbocycles. The molecule has 1 amide bonds. The SMILES string of the molecule is CC(=O)Nc1c(C(=O)O)cc(C(=O)O)cc1C(=O)O. The quantitative estimate of drug-likeness (QED) is 0.630. The Labute approximate surface area is 106 Å². The van der Waals surface area contributed by atoms with Crippen LogP contribution in [0.2, 0.25) is 0 Å². The van der Waals surface area contributed by atoms with E-state index in [1.165, 1.54) is 0 Å². The van der Waals surface area contributed by atoms with Crippen molar-refractivity contribution in [3.8, 4) is 0 Å². The summed E-state index contributed by atoms with van der Waals surface area (Å²) in [4.78, 5) is 43.8. The Kier molecular flexibility index (Phi) is 3.85. The molecule has 0 aliphatic heterocycles. The summed E-state index contributed by atoms with van der Waals surface area (Å²) in [5.74, 6) is -5.24. The highest BCUT2D eigenvalue weighted by molar-refractivity contribution is 6.09. The van der Waals surface area contributed by atoms with Crippen LogP contribution in [0.25, 0.3) is 0 Å². The zero-order valence-corrected chi connectivity index (χ0v) is 9.63. The van der Waals surface area contributed by atoms with E-state index in [1.54, 1.807) is 0 Å². The van der Waals surface area contributed by atoms with Gasteiger partial charge in [-0.15, -0.1) is 0 Å².